The summed E-state index contributed by atoms with van der Waals surface area (Å²) in [6, 6.07) is 21.5. The van der Waals surface area contributed by atoms with Gasteiger partial charge in [-0.15, -0.1) is 0 Å². The van der Waals surface area contributed by atoms with Gasteiger partial charge in [-0.1, -0.05) is 60.7 Å². The van der Waals surface area contributed by atoms with Crippen LogP contribution in [0.2, 0.25) is 0 Å². The Hall–Kier alpha value is -3.16. The molecule has 33 heavy (non-hydrogen) atoms. The first-order valence-electron chi connectivity index (χ1n) is 10.9. The number of methoxy groups -OCH3 is 1. The lowest BCUT2D eigenvalue weighted by Gasteiger charge is -2.32. The Morgan fingerprint density at radius 3 is 2.45 bits per heavy atom. The third kappa shape index (κ3) is 5.26. The molecule has 1 N–H and O–H groups in total. The maximum Gasteiger partial charge on any atom is 0.244 e. The van der Waals surface area contributed by atoms with Gasteiger partial charge >= 0.3 is 0 Å². The van der Waals surface area contributed by atoms with Crippen molar-refractivity contribution in [1.29, 1.82) is 0 Å². The fourth-order valence-corrected chi connectivity index (χ4v) is 5.62. The zero-order valence-electron chi connectivity index (χ0n) is 18.8. The Labute approximate surface area is 195 Å². The first kappa shape index (κ1) is 23.0. The van der Waals surface area contributed by atoms with Gasteiger partial charge in [-0.3, -0.25) is 4.79 Å². The number of hydrogen-bond donors (Lipinski definition) is 1. The molecule has 0 spiro atoms. The summed E-state index contributed by atoms with van der Waals surface area (Å²) in [6.07, 6.45) is 1.00. The molecule has 0 aromatic heterocycles. The van der Waals surface area contributed by atoms with Gasteiger partial charge in [-0.2, -0.15) is 4.72 Å². The highest BCUT2D eigenvalue weighted by Crippen LogP contribution is 2.26. The number of benzene rings is 3. The van der Waals surface area contributed by atoms with Crippen molar-refractivity contribution in [2.45, 2.75) is 37.2 Å². The third-order valence-corrected chi connectivity index (χ3v) is 7.42. The lowest BCUT2D eigenvalue weighted by atomic mass is 9.98. The molecule has 1 amide bonds. The molecule has 1 heterocycles. The van der Waals surface area contributed by atoms with Crippen LogP contribution in [0.1, 0.15) is 22.3 Å². The SMILES string of the molecule is COc1ccc(C)cc1S(=O)(=O)N[C@H](Cc1ccccc1)C(=O)N1CCc2ccccc2C1. The van der Waals surface area contributed by atoms with Crippen molar-refractivity contribution in [1.82, 2.24) is 9.62 Å². The fourth-order valence-electron chi connectivity index (χ4n) is 4.18. The highest BCUT2D eigenvalue weighted by molar-refractivity contribution is 7.89. The van der Waals surface area contributed by atoms with E-state index in [0.717, 1.165) is 23.1 Å². The molecule has 172 valence electrons. The molecule has 3 aromatic rings. The second-order valence-electron chi connectivity index (χ2n) is 8.30. The van der Waals surface area contributed by atoms with E-state index in [1.54, 1.807) is 23.1 Å². The summed E-state index contributed by atoms with van der Waals surface area (Å²) in [5.74, 6) is 0.00876. The van der Waals surface area contributed by atoms with Crippen LogP contribution in [0.5, 0.6) is 5.75 Å². The van der Waals surface area contributed by atoms with E-state index in [1.165, 1.54) is 12.7 Å². The number of carbonyl (C=O) groups is 1. The van der Waals surface area contributed by atoms with Gasteiger partial charge in [-0.05, 0) is 54.2 Å². The highest BCUT2D eigenvalue weighted by Gasteiger charge is 2.32. The molecular formula is C26H28N2O4S. The number of sulfonamides is 1. The average Bonchev–Trinajstić information content (AvgIpc) is 2.83. The topological polar surface area (TPSA) is 75.7 Å². The summed E-state index contributed by atoms with van der Waals surface area (Å²) in [7, 11) is -2.58. The lowest BCUT2D eigenvalue weighted by Crippen LogP contribution is -2.50. The molecule has 0 bridgehead atoms. The van der Waals surface area contributed by atoms with Gasteiger partial charge in [0, 0.05) is 13.1 Å². The summed E-state index contributed by atoms with van der Waals surface area (Å²) in [5.41, 5.74) is 3.99. The molecule has 1 atom stereocenters. The minimum atomic E-state index is -4.01. The average molecular weight is 465 g/mol. The Balaban J connectivity index is 1.64. The van der Waals surface area contributed by atoms with Crippen molar-refractivity contribution in [2.75, 3.05) is 13.7 Å². The van der Waals surface area contributed by atoms with E-state index in [9.17, 15) is 13.2 Å². The Morgan fingerprint density at radius 2 is 1.73 bits per heavy atom. The van der Waals surface area contributed by atoms with Gasteiger partial charge < -0.3 is 9.64 Å². The number of amides is 1. The van der Waals surface area contributed by atoms with Crippen molar-refractivity contribution in [3.8, 4) is 5.75 Å². The van der Waals surface area contributed by atoms with Crippen LogP contribution in [0.4, 0.5) is 0 Å². The van der Waals surface area contributed by atoms with E-state index in [1.807, 2.05) is 55.5 Å². The predicted molar refractivity (Wildman–Crippen MR) is 128 cm³/mol. The first-order valence-corrected chi connectivity index (χ1v) is 12.4. The van der Waals surface area contributed by atoms with Crippen LogP contribution in [0.25, 0.3) is 0 Å². The molecule has 0 fully saturated rings. The van der Waals surface area contributed by atoms with Crippen molar-refractivity contribution >= 4 is 15.9 Å². The summed E-state index contributed by atoms with van der Waals surface area (Å²) in [5, 5.41) is 0. The summed E-state index contributed by atoms with van der Waals surface area (Å²) < 4.78 is 34.7. The van der Waals surface area contributed by atoms with E-state index in [2.05, 4.69) is 10.8 Å². The van der Waals surface area contributed by atoms with Crippen LogP contribution in [0, 0.1) is 6.92 Å². The maximum atomic E-state index is 13.6. The van der Waals surface area contributed by atoms with Crippen molar-refractivity contribution < 1.29 is 17.9 Å². The molecule has 0 saturated carbocycles. The second kappa shape index (κ2) is 9.77. The third-order valence-electron chi connectivity index (χ3n) is 5.93. The summed E-state index contributed by atoms with van der Waals surface area (Å²) >= 11 is 0. The second-order valence-corrected chi connectivity index (χ2v) is 9.98. The molecule has 1 aliphatic heterocycles. The zero-order chi connectivity index (χ0) is 23.4. The van der Waals surface area contributed by atoms with E-state index in [0.29, 0.717) is 13.1 Å². The maximum absolute atomic E-state index is 13.6. The number of hydrogen-bond acceptors (Lipinski definition) is 4. The van der Waals surface area contributed by atoms with Gasteiger partial charge in [0.25, 0.3) is 0 Å². The van der Waals surface area contributed by atoms with Gasteiger partial charge in [0.15, 0.2) is 0 Å². The standard InChI is InChI=1S/C26H28N2O4S/c1-19-12-13-24(32-2)25(16-19)33(30,31)27-23(17-20-8-4-3-5-9-20)26(29)28-15-14-21-10-6-7-11-22(21)18-28/h3-13,16,23,27H,14-15,17-18H2,1-2H3/t23-/m1/s1. The molecule has 4 rings (SSSR count). The molecule has 0 radical (unpaired) electrons. The Bertz CT molecular complexity index is 1240. The monoisotopic (exact) mass is 464 g/mol. The van der Waals surface area contributed by atoms with Crippen LogP contribution in [-0.4, -0.2) is 38.9 Å². The Morgan fingerprint density at radius 1 is 1.03 bits per heavy atom. The van der Waals surface area contributed by atoms with E-state index in [-0.39, 0.29) is 23.0 Å². The molecule has 1 aliphatic rings. The van der Waals surface area contributed by atoms with Gasteiger partial charge in [0.2, 0.25) is 15.9 Å². The fraction of sp³-hybridized carbons (Fsp3) is 0.269. The predicted octanol–water partition coefficient (Wildman–Crippen LogP) is 3.48. The summed E-state index contributed by atoms with van der Waals surface area (Å²) in [4.78, 5) is 15.4. The molecule has 7 heteroatoms. The van der Waals surface area contributed by atoms with Gasteiger partial charge in [0.05, 0.1) is 7.11 Å². The molecule has 0 saturated heterocycles. The van der Waals surface area contributed by atoms with Crippen LogP contribution in [0.15, 0.2) is 77.7 Å². The van der Waals surface area contributed by atoms with Crippen LogP contribution in [0.3, 0.4) is 0 Å². The number of rotatable bonds is 7. The minimum Gasteiger partial charge on any atom is -0.495 e. The van der Waals surface area contributed by atoms with Crippen LogP contribution in [-0.2, 0) is 34.2 Å². The van der Waals surface area contributed by atoms with Crippen molar-refractivity contribution in [2.24, 2.45) is 0 Å². The molecule has 3 aromatic carbocycles. The van der Waals surface area contributed by atoms with Crippen molar-refractivity contribution in [3.05, 3.63) is 95.1 Å². The Kier molecular flexibility index (Phi) is 6.81. The number of ether oxygens (including phenoxy) is 1. The summed E-state index contributed by atoms with van der Waals surface area (Å²) in [6.45, 7) is 2.84. The van der Waals surface area contributed by atoms with E-state index >= 15 is 0 Å². The van der Waals surface area contributed by atoms with Crippen LogP contribution < -0.4 is 9.46 Å². The number of nitrogens with one attached hydrogen (secondary N) is 1. The minimum absolute atomic E-state index is 0.0276. The normalized spacial score (nSPS) is 14.4. The van der Waals surface area contributed by atoms with E-state index in [4.69, 9.17) is 4.74 Å². The quantitative estimate of drug-likeness (QED) is 0.581. The van der Waals surface area contributed by atoms with Gasteiger partial charge in [-0.25, -0.2) is 8.42 Å². The molecule has 0 aliphatic carbocycles. The zero-order valence-corrected chi connectivity index (χ0v) is 19.6. The smallest absolute Gasteiger partial charge is 0.244 e. The van der Waals surface area contributed by atoms with Crippen LogP contribution >= 0.6 is 0 Å². The molecule has 0 unspecified atom stereocenters. The molecular weight excluding hydrogens is 436 g/mol. The van der Waals surface area contributed by atoms with E-state index < -0.39 is 16.1 Å². The number of carbonyl (C=O) groups excluding carboxylic acids is 1. The van der Waals surface area contributed by atoms with Crippen molar-refractivity contribution in [3.63, 3.8) is 0 Å². The highest BCUT2D eigenvalue weighted by atomic mass is 32.2. The first-order chi connectivity index (χ1) is 15.9. The number of aryl methyl sites for hydroxylation is 1. The largest absolute Gasteiger partial charge is 0.495 e. The number of fused-ring (bicyclic) bond motifs is 1. The lowest BCUT2D eigenvalue weighted by molar-refractivity contribution is -0.133. The van der Waals surface area contributed by atoms with Gasteiger partial charge in [0.1, 0.15) is 16.7 Å². The number of nitrogens with zero attached hydrogens (tertiary/aromatic N) is 1. The molecule has 6 nitrogen and oxygen atoms in total.